The van der Waals surface area contributed by atoms with E-state index in [0.29, 0.717) is 25.7 Å². The van der Waals surface area contributed by atoms with Crippen molar-refractivity contribution in [1.29, 1.82) is 0 Å². The molecule has 0 amide bonds. The van der Waals surface area contributed by atoms with Crippen LogP contribution >= 0.6 is 24.0 Å². The summed E-state index contributed by atoms with van der Waals surface area (Å²) >= 11 is 0. The summed E-state index contributed by atoms with van der Waals surface area (Å²) in [5.41, 5.74) is 4.04. The minimum atomic E-state index is 0. The van der Waals surface area contributed by atoms with Gasteiger partial charge in [0.2, 0.25) is 0 Å². The number of nitrogens with one attached hydrogen (secondary N) is 2. The van der Waals surface area contributed by atoms with E-state index < -0.39 is 0 Å². The maximum atomic E-state index is 5.77. The summed E-state index contributed by atoms with van der Waals surface area (Å²) in [4.78, 5) is 4.34. The SMILES string of the molecule is CN=C(NCc1ccccc1-n1ccc(C)n1)Nc1ccc2c(c1)OCCCO2.I. The molecule has 0 aliphatic carbocycles. The Morgan fingerprint density at radius 3 is 2.67 bits per heavy atom. The summed E-state index contributed by atoms with van der Waals surface area (Å²) in [7, 11) is 1.75. The van der Waals surface area contributed by atoms with Crippen molar-refractivity contribution >= 4 is 35.6 Å². The van der Waals surface area contributed by atoms with E-state index in [0.717, 1.165) is 40.6 Å². The Morgan fingerprint density at radius 1 is 1.10 bits per heavy atom. The number of guanidine groups is 1. The fourth-order valence-electron chi connectivity index (χ4n) is 3.17. The highest BCUT2D eigenvalue weighted by Crippen LogP contribution is 2.32. The molecule has 7 nitrogen and oxygen atoms in total. The number of halogens is 1. The number of ether oxygens (including phenoxy) is 2. The van der Waals surface area contributed by atoms with Crippen LogP contribution < -0.4 is 20.1 Å². The Bertz CT molecular complexity index is 1020. The molecule has 2 aromatic carbocycles. The highest BCUT2D eigenvalue weighted by Gasteiger charge is 2.12. The molecule has 0 unspecified atom stereocenters. The van der Waals surface area contributed by atoms with Crippen molar-refractivity contribution < 1.29 is 9.47 Å². The number of fused-ring (bicyclic) bond motifs is 1. The van der Waals surface area contributed by atoms with Gasteiger partial charge >= 0.3 is 0 Å². The van der Waals surface area contributed by atoms with E-state index in [2.05, 4.69) is 32.9 Å². The van der Waals surface area contributed by atoms with Crippen molar-refractivity contribution in [3.63, 3.8) is 0 Å². The van der Waals surface area contributed by atoms with Crippen LogP contribution in [0.1, 0.15) is 17.7 Å². The number of hydrogen-bond donors (Lipinski definition) is 2. The van der Waals surface area contributed by atoms with Gasteiger partial charge in [-0.25, -0.2) is 4.68 Å². The zero-order chi connectivity index (χ0) is 20.1. The first-order chi connectivity index (χ1) is 14.2. The van der Waals surface area contributed by atoms with Crippen LogP contribution in [0.2, 0.25) is 0 Å². The lowest BCUT2D eigenvalue weighted by Gasteiger charge is -2.15. The first-order valence-corrected chi connectivity index (χ1v) is 9.71. The van der Waals surface area contributed by atoms with E-state index in [9.17, 15) is 0 Å². The molecular weight excluding hydrogens is 493 g/mol. The number of aromatic nitrogens is 2. The van der Waals surface area contributed by atoms with Crippen molar-refractivity contribution in [3.8, 4) is 17.2 Å². The number of aryl methyl sites for hydroxylation is 1. The number of nitrogens with zero attached hydrogens (tertiary/aromatic N) is 3. The smallest absolute Gasteiger partial charge is 0.195 e. The van der Waals surface area contributed by atoms with Gasteiger partial charge in [-0.15, -0.1) is 24.0 Å². The third-order valence-corrected chi connectivity index (χ3v) is 4.64. The van der Waals surface area contributed by atoms with Crippen LogP contribution in [0.15, 0.2) is 59.7 Å². The fourth-order valence-corrected chi connectivity index (χ4v) is 3.17. The van der Waals surface area contributed by atoms with Crippen molar-refractivity contribution in [3.05, 3.63) is 66.0 Å². The van der Waals surface area contributed by atoms with Crippen LogP contribution in [0.25, 0.3) is 5.69 Å². The summed E-state index contributed by atoms with van der Waals surface area (Å²) in [6.45, 7) is 3.93. The van der Waals surface area contributed by atoms with Crippen molar-refractivity contribution in [1.82, 2.24) is 15.1 Å². The lowest BCUT2D eigenvalue weighted by Crippen LogP contribution is -2.30. The minimum Gasteiger partial charge on any atom is -0.490 e. The Labute approximate surface area is 193 Å². The van der Waals surface area contributed by atoms with Crippen LogP contribution in [0.5, 0.6) is 11.5 Å². The maximum absolute atomic E-state index is 5.77. The van der Waals surface area contributed by atoms with Gasteiger partial charge in [-0.05, 0) is 36.8 Å². The molecule has 0 bridgehead atoms. The lowest BCUT2D eigenvalue weighted by molar-refractivity contribution is 0.297. The quantitative estimate of drug-likeness (QED) is 0.308. The number of aliphatic imine (C=N–C) groups is 1. The number of para-hydroxylation sites is 1. The number of hydrogen-bond acceptors (Lipinski definition) is 4. The van der Waals surface area contributed by atoms with Crippen molar-refractivity contribution in [2.45, 2.75) is 19.9 Å². The van der Waals surface area contributed by atoms with Gasteiger partial charge in [-0.2, -0.15) is 5.10 Å². The monoisotopic (exact) mass is 519 g/mol. The van der Waals surface area contributed by atoms with E-state index in [1.54, 1.807) is 7.05 Å². The first kappa shape index (κ1) is 21.9. The normalized spacial score (nSPS) is 13.2. The summed E-state index contributed by atoms with van der Waals surface area (Å²) in [5, 5.41) is 11.2. The topological polar surface area (TPSA) is 72.7 Å². The van der Waals surface area contributed by atoms with E-state index >= 15 is 0 Å². The second-order valence-electron chi connectivity index (χ2n) is 6.79. The Morgan fingerprint density at radius 2 is 1.90 bits per heavy atom. The molecule has 3 aromatic rings. The summed E-state index contributed by atoms with van der Waals surface area (Å²) < 4.78 is 13.4. The Hall–Kier alpha value is -2.75. The molecule has 8 heteroatoms. The molecule has 30 heavy (non-hydrogen) atoms. The summed E-state index contributed by atoms with van der Waals surface area (Å²) in [5.74, 6) is 2.20. The molecule has 1 aliphatic rings. The number of anilines is 1. The molecule has 1 aliphatic heterocycles. The molecule has 4 rings (SSSR count). The molecule has 158 valence electrons. The molecule has 0 saturated heterocycles. The first-order valence-electron chi connectivity index (χ1n) is 9.71. The average molecular weight is 519 g/mol. The average Bonchev–Trinajstić information content (AvgIpc) is 3.04. The maximum Gasteiger partial charge on any atom is 0.195 e. The van der Waals surface area contributed by atoms with Gasteiger partial charge in [0, 0.05) is 38.0 Å². The largest absolute Gasteiger partial charge is 0.490 e. The molecule has 0 radical (unpaired) electrons. The fraction of sp³-hybridized carbons (Fsp3) is 0.273. The second kappa shape index (κ2) is 10.3. The van der Waals surface area contributed by atoms with Gasteiger partial charge in [0.15, 0.2) is 17.5 Å². The third kappa shape index (κ3) is 5.24. The highest BCUT2D eigenvalue weighted by atomic mass is 127. The number of rotatable bonds is 4. The molecule has 0 fully saturated rings. The summed E-state index contributed by atoms with van der Waals surface area (Å²) in [6, 6.07) is 16.0. The predicted octanol–water partition coefficient (Wildman–Crippen LogP) is 4.15. The standard InChI is InChI=1S/C22H25N5O2.HI/c1-16-10-11-27(26-16)19-7-4-3-6-17(19)15-24-22(23-2)25-18-8-9-20-21(14-18)29-13-5-12-28-20;/h3-4,6-11,14H,5,12-13,15H2,1-2H3,(H2,23,24,25);1H. The van der Waals surface area contributed by atoms with Gasteiger partial charge in [0.1, 0.15) is 0 Å². The summed E-state index contributed by atoms with van der Waals surface area (Å²) in [6.07, 6.45) is 2.86. The van der Waals surface area contributed by atoms with Gasteiger partial charge < -0.3 is 20.1 Å². The van der Waals surface area contributed by atoms with Crippen LogP contribution in [0, 0.1) is 6.92 Å². The van der Waals surface area contributed by atoms with Gasteiger partial charge in [-0.1, -0.05) is 18.2 Å². The molecule has 0 atom stereocenters. The van der Waals surface area contributed by atoms with E-state index in [1.807, 2.05) is 54.2 Å². The highest BCUT2D eigenvalue weighted by molar-refractivity contribution is 14.0. The third-order valence-electron chi connectivity index (χ3n) is 4.64. The second-order valence-corrected chi connectivity index (χ2v) is 6.79. The van der Waals surface area contributed by atoms with Gasteiger partial charge in [0.05, 0.1) is 24.6 Å². The molecule has 0 saturated carbocycles. The zero-order valence-electron chi connectivity index (χ0n) is 17.1. The van der Waals surface area contributed by atoms with Crippen LogP contribution in [-0.4, -0.2) is 36.0 Å². The van der Waals surface area contributed by atoms with E-state index in [-0.39, 0.29) is 24.0 Å². The lowest BCUT2D eigenvalue weighted by atomic mass is 10.2. The Kier molecular flexibility index (Phi) is 7.56. The molecule has 2 heterocycles. The molecule has 0 spiro atoms. The van der Waals surface area contributed by atoms with Crippen LogP contribution in [0.3, 0.4) is 0 Å². The van der Waals surface area contributed by atoms with Gasteiger partial charge in [0.25, 0.3) is 0 Å². The number of benzene rings is 2. The van der Waals surface area contributed by atoms with Crippen LogP contribution in [-0.2, 0) is 6.54 Å². The molecule has 2 N–H and O–H groups in total. The van der Waals surface area contributed by atoms with Crippen LogP contribution in [0.4, 0.5) is 5.69 Å². The Balaban J connectivity index is 0.00000256. The molecular formula is C22H26IN5O2. The predicted molar refractivity (Wildman–Crippen MR) is 130 cm³/mol. The minimum absolute atomic E-state index is 0. The van der Waals surface area contributed by atoms with E-state index in [4.69, 9.17) is 9.47 Å². The molecule has 1 aromatic heterocycles. The van der Waals surface area contributed by atoms with Crippen molar-refractivity contribution in [2.24, 2.45) is 4.99 Å². The van der Waals surface area contributed by atoms with E-state index in [1.165, 1.54) is 0 Å². The van der Waals surface area contributed by atoms with Crippen molar-refractivity contribution in [2.75, 3.05) is 25.6 Å². The van der Waals surface area contributed by atoms with Gasteiger partial charge in [-0.3, -0.25) is 4.99 Å². The zero-order valence-corrected chi connectivity index (χ0v) is 19.4.